The van der Waals surface area contributed by atoms with Crippen LogP contribution in [0.5, 0.6) is 0 Å². The monoisotopic (exact) mass is 389 g/mol. The van der Waals surface area contributed by atoms with Crippen LogP contribution < -0.4 is 15.8 Å². The van der Waals surface area contributed by atoms with Gasteiger partial charge in [0.2, 0.25) is 17.8 Å². The first-order chi connectivity index (χ1) is 13.5. The highest BCUT2D eigenvalue weighted by molar-refractivity contribution is 5.83. The highest BCUT2D eigenvalue weighted by atomic mass is 16.5. The number of fused-ring (bicyclic) bond motifs is 2. The normalized spacial score (nSPS) is 24.3. The molecule has 2 N–H and O–H groups in total. The molecule has 152 valence electrons. The van der Waals surface area contributed by atoms with Crippen LogP contribution in [-0.4, -0.2) is 72.6 Å². The first-order valence-corrected chi connectivity index (χ1v) is 9.97. The van der Waals surface area contributed by atoms with Crippen LogP contribution in [0, 0.1) is 0 Å². The third-order valence-corrected chi connectivity index (χ3v) is 6.09. The van der Waals surface area contributed by atoms with Crippen LogP contribution in [-0.2, 0) is 26.2 Å². The summed E-state index contributed by atoms with van der Waals surface area (Å²) in [6.07, 6.45) is 3.30. The number of carbonyl (C=O) groups is 2. The number of likely N-dealkylation sites (tertiary alicyclic amines) is 1. The molecule has 0 radical (unpaired) electrons. The quantitative estimate of drug-likeness (QED) is 0.725. The number of piperidine rings is 1. The van der Waals surface area contributed by atoms with Crippen LogP contribution in [0.1, 0.15) is 37.4 Å². The van der Waals surface area contributed by atoms with Crippen LogP contribution in [0.25, 0.3) is 0 Å². The van der Waals surface area contributed by atoms with Gasteiger partial charge in [0.05, 0.1) is 25.5 Å². The number of aromatic amines is 1. The van der Waals surface area contributed by atoms with Crippen molar-refractivity contribution in [1.82, 2.24) is 20.2 Å². The topological polar surface area (TPSA) is 108 Å². The number of nitrogens with one attached hydrogen (secondary N) is 2. The van der Waals surface area contributed by atoms with Gasteiger partial charge in [-0.2, -0.15) is 0 Å². The average Bonchev–Trinajstić information content (AvgIpc) is 3.05. The number of rotatable bonds is 3. The average molecular weight is 389 g/mol. The van der Waals surface area contributed by atoms with Gasteiger partial charge in [-0.1, -0.05) is 0 Å². The fourth-order valence-corrected chi connectivity index (χ4v) is 4.62. The number of hydrogen-bond donors (Lipinski definition) is 2. The van der Waals surface area contributed by atoms with E-state index in [1.54, 1.807) is 0 Å². The van der Waals surface area contributed by atoms with Gasteiger partial charge in [-0.3, -0.25) is 19.4 Å². The summed E-state index contributed by atoms with van der Waals surface area (Å²) in [6.45, 7) is 5.30. The number of amides is 2. The second-order valence-corrected chi connectivity index (χ2v) is 7.93. The van der Waals surface area contributed by atoms with Crippen LogP contribution in [0.2, 0.25) is 0 Å². The molecule has 9 heteroatoms. The summed E-state index contributed by atoms with van der Waals surface area (Å²) >= 11 is 0. The number of anilines is 1. The van der Waals surface area contributed by atoms with Crippen molar-refractivity contribution in [3.8, 4) is 0 Å². The molecule has 1 unspecified atom stereocenters. The van der Waals surface area contributed by atoms with E-state index in [-0.39, 0.29) is 29.3 Å². The van der Waals surface area contributed by atoms with Crippen molar-refractivity contribution < 1.29 is 14.3 Å². The van der Waals surface area contributed by atoms with Gasteiger partial charge < -0.3 is 19.9 Å². The van der Waals surface area contributed by atoms with E-state index < -0.39 is 0 Å². The number of aromatic nitrogens is 2. The van der Waals surface area contributed by atoms with Crippen molar-refractivity contribution in [2.24, 2.45) is 0 Å². The lowest BCUT2D eigenvalue weighted by Gasteiger charge is -2.40. The van der Waals surface area contributed by atoms with Gasteiger partial charge in [0.15, 0.2) is 0 Å². The molecule has 0 bridgehead atoms. The molecule has 2 aliphatic heterocycles. The minimum atomic E-state index is -0.269. The van der Waals surface area contributed by atoms with Crippen molar-refractivity contribution in [1.29, 1.82) is 0 Å². The Morgan fingerprint density at radius 1 is 1.25 bits per heavy atom. The van der Waals surface area contributed by atoms with E-state index in [2.05, 4.69) is 15.2 Å². The molecule has 0 saturated carbocycles. The Bertz CT molecular complexity index is 832. The number of ether oxygens (including phenoxy) is 1. The molecule has 2 fully saturated rings. The summed E-state index contributed by atoms with van der Waals surface area (Å²) in [7, 11) is 0. The molecule has 4 rings (SSSR count). The van der Waals surface area contributed by atoms with E-state index in [9.17, 15) is 14.4 Å². The molecule has 2 amide bonds. The zero-order valence-corrected chi connectivity index (χ0v) is 16.3. The lowest BCUT2D eigenvalue weighted by atomic mass is 9.77. The molecule has 1 aromatic heterocycles. The van der Waals surface area contributed by atoms with Crippen LogP contribution in [0.15, 0.2) is 4.79 Å². The summed E-state index contributed by atoms with van der Waals surface area (Å²) < 4.78 is 5.40. The van der Waals surface area contributed by atoms with E-state index in [1.807, 2.05) is 4.90 Å². The zero-order valence-electron chi connectivity index (χ0n) is 16.3. The third-order valence-electron chi connectivity index (χ3n) is 6.09. The molecular formula is C19H27N5O4. The third kappa shape index (κ3) is 3.50. The van der Waals surface area contributed by atoms with Crippen LogP contribution >= 0.6 is 0 Å². The van der Waals surface area contributed by atoms with Gasteiger partial charge in [-0.25, -0.2) is 4.98 Å². The lowest BCUT2D eigenvalue weighted by molar-refractivity contribution is -0.134. The van der Waals surface area contributed by atoms with Gasteiger partial charge in [0.25, 0.3) is 5.56 Å². The summed E-state index contributed by atoms with van der Waals surface area (Å²) in [6, 6.07) is 0. The number of nitrogens with zero attached hydrogens (tertiary/aromatic N) is 3. The molecule has 1 atom stereocenters. The predicted molar refractivity (Wildman–Crippen MR) is 102 cm³/mol. The highest BCUT2D eigenvalue weighted by Gasteiger charge is 2.45. The minimum Gasteiger partial charge on any atom is -0.378 e. The van der Waals surface area contributed by atoms with Crippen LogP contribution in [0.4, 0.5) is 5.95 Å². The Hall–Kier alpha value is -2.42. The molecule has 1 aromatic rings. The zero-order chi connectivity index (χ0) is 19.7. The van der Waals surface area contributed by atoms with Gasteiger partial charge in [0, 0.05) is 44.1 Å². The summed E-state index contributed by atoms with van der Waals surface area (Å²) in [4.78, 5) is 48.1. The van der Waals surface area contributed by atoms with Crippen molar-refractivity contribution in [3.63, 3.8) is 0 Å². The standard InChI is InChI=1S/C19H27N5O4/c1-13(25)20-11-15(26)24-6-2-4-19(12-24)5-3-14-16(19)21-18(22-17(14)27)23-7-9-28-10-8-23/h2-12H2,1H3,(H,20,25)(H,21,22,27). The summed E-state index contributed by atoms with van der Waals surface area (Å²) in [5, 5.41) is 2.58. The highest BCUT2D eigenvalue weighted by Crippen LogP contribution is 2.43. The molecule has 3 aliphatic rings. The smallest absolute Gasteiger partial charge is 0.255 e. The Kier molecular flexibility index (Phi) is 5.09. The number of H-pyrrole nitrogens is 1. The second-order valence-electron chi connectivity index (χ2n) is 7.93. The number of carbonyl (C=O) groups excluding carboxylic acids is 2. The van der Waals surface area contributed by atoms with Gasteiger partial charge >= 0.3 is 0 Å². The number of morpholine rings is 1. The van der Waals surface area contributed by atoms with E-state index in [1.165, 1.54) is 6.92 Å². The molecule has 2 saturated heterocycles. The van der Waals surface area contributed by atoms with Gasteiger partial charge in [-0.15, -0.1) is 0 Å². The molecule has 3 heterocycles. The van der Waals surface area contributed by atoms with E-state index >= 15 is 0 Å². The second kappa shape index (κ2) is 7.54. The maximum atomic E-state index is 12.7. The molecule has 1 aliphatic carbocycles. The molecular weight excluding hydrogens is 362 g/mol. The SMILES string of the molecule is CC(=O)NCC(=O)N1CCCC2(CCc3c2nc(N2CCOCC2)[nH]c3=O)C1. The van der Waals surface area contributed by atoms with Crippen molar-refractivity contribution in [3.05, 3.63) is 21.6 Å². The van der Waals surface area contributed by atoms with Crippen molar-refractivity contribution >= 4 is 17.8 Å². The Labute approximate surface area is 163 Å². The maximum absolute atomic E-state index is 12.7. The van der Waals surface area contributed by atoms with Gasteiger partial charge in [0.1, 0.15) is 0 Å². The van der Waals surface area contributed by atoms with Gasteiger partial charge in [-0.05, 0) is 25.7 Å². The Morgan fingerprint density at radius 2 is 2.04 bits per heavy atom. The molecule has 0 aromatic carbocycles. The Morgan fingerprint density at radius 3 is 2.79 bits per heavy atom. The van der Waals surface area contributed by atoms with E-state index in [0.717, 1.165) is 30.5 Å². The van der Waals surface area contributed by atoms with Crippen molar-refractivity contribution in [2.75, 3.05) is 50.8 Å². The fourth-order valence-electron chi connectivity index (χ4n) is 4.62. The van der Waals surface area contributed by atoms with E-state index in [0.29, 0.717) is 51.8 Å². The minimum absolute atomic E-state index is 0.0140. The summed E-state index contributed by atoms with van der Waals surface area (Å²) in [5.74, 6) is 0.311. The lowest BCUT2D eigenvalue weighted by Crippen LogP contribution is -2.50. The summed E-state index contributed by atoms with van der Waals surface area (Å²) in [5.41, 5.74) is 1.28. The van der Waals surface area contributed by atoms with Crippen LogP contribution in [0.3, 0.4) is 0 Å². The molecule has 9 nitrogen and oxygen atoms in total. The van der Waals surface area contributed by atoms with E-state index in [4.69, 9.17) is 9.72 Å². The number of hydrogen-bond acceptors (Lipinski definition) is 6. The molecule has 1 spiro atoms. The first-order valence-electron chi connectivity index (χ1n) is 9.97. The Balaban J connectivity index is 1.60. The largest absolute Gasteiger partial charge is 0.378 e. The fraction of sp³-hybridized carbons (Fsp3) is 0.684. The van der Waals surface area contributed by atoms with Crippen molar-refractivity contribution in [2.45, 2.75) is 38.0 Å². The molecule has 28 heavy (non-hydrogen) atoms. The predicted octanol–water partition coefficient (Wildman–Crippen LogP) is -0.451. The first kappa shape index (κ1) is 18.9. The maximum Gasteiger partial charge on any atom is 0.255 e.